The molecule has 0 fully saturated rings. The van der Waals surface area contributed by atoms with E-state index < -0.39 is 0 Å². The molecular weight excluding hydrogens is 212 g/mol. The van der Waals surface area contributed by atoms with Crippen molar-refractivity contribution >= 4 is 0 Å². The fraction of sp³-hybridized carbons (Fsp3) is 1.00. The summed E-state index contributed by atoms with van der Waals surface area (Å²) in [5, 5.41) is 0. The Morgan fingerprint density at radius 1 is 0.941 bits per heavy atom. The van der Waals surface area contributed by atoms with Crippen LogP contribution in [-0.4, -0.2) is 62.7 Å². The molecule has 0 aliphatic carbocycles. The van der Waals surface area contributed by atoms with Gasteiger partial charge >= 0.3 is 0 Å². The van der Waals surface area contributed by atoms with E-state index in [1.54, 1.807) is 0 Å². The lowest BCUT2D eigenvalue weighted by molar-refractivity contribution is 0.202. The quantitative estimate of drug-likeness (QED) is 0.585. The zero-order valence-electron chi connectivity index (χ0n) is 12.2. The molecule has 0 aliphatic rings. The highest BCUT2D eigenvalue weighted by molar-refractivity contribution is 4.65. The Hall–Kier alpha value is -0.160. The molecule has 2 atom stereocenters. The van der Waals surface area contributed by atoms with Gasteiger partial charge < -0.3 is 21.3 Å². The molecule has 0 heterocycles. The molecule has 4 nitrogen and oxygen atoms in total. The molecule has 2 unspecified atom stereocenters. The van der Waals surface area contributed by atoms with E-state index in [9.17, 15) is 0 Å². The minimum atomic E-state index is 0.582. The van der Waals surface area contributed by atoms with E-state index in [1.165, 1.54) is 0 Å². The second-order valence-corrected chi connectivity index (χ2v) is 5.34. The lowest BCUT2D eigenvalue weighted by Gasteiger charge is -2.27. The highest BCUT2D eigenvalue weighted by Crippen LogP contribution is 2.00. The summed E-state index contributed by atoms with van der Waals surface area (Å²) in [5.74, 6) is 1.17. The number of rotatable bonds is 10. The van der Waals surface area contributed by atoms with Crippen LogP contribution in [0.15, 0.2) is 0 Å². The number of nitrogens with zero attached hydrogens (tertiary/aromatic N) is 2. The van der Waals surface area contributed by atoms with Gasteiger partial charge in [-0.05, 0) is 38.5 Å². The fourth-order valence-corrected chi connectivity index (χ4v) is 1.90. The lowest BCUT2D eigenvalue weighted by Crippen LogP contribution is -2.38. The zero-order valence-corrected chi connectivity index (χ0v) is 12.2. The summed E-state index contributed by atoms with van der Waals surface area (Å²) in [4.78, 5) is 4.84. The maximum absolute atomic E-state index is 5.66. The van der Waals surface area contributed by atoms with E-state index in [0.29, 0.717) is 11.8 Å². The van der Waals surface area contributed by atoms with Crippen LogP contribution in [0.2, 0.25) is 0 Å². The summed E-state index contributed by atoms with van der Waals surface area (Å²) in [5.41, 5.74) is 11.3. The molecule has 0 radical (unpaired) electrons. The first-order valence-electron chi connectivity index (χ1n) is 6.84. The van der Waals surface area contributed by atoms with Gasteiger partial charge in [0.1, 0.15) is 0 Å². The van der Waals surface area contributed by atoms with Crippen LogP contribution >= 0.6 is 0 Å². The molecule has 0 bridgehead atoms. The van der Waals surface area contributed by atoms with Crippen molar-refractivity contribution in [3.05, 3.63) is 0 Å². The van der Waals surface area contributed by atoms with Crippen molar-refractivity contribution in [2.75, 3.05) is 52.9 Å². The van der Waals surface area contributed by atoms with Gasteiger partial charge in [-0.25, -0.2) is 0 Å². The largest absolute Gasteiger partial charge is 0.330 e. The van der Waals surface area contributed by atoms with Gasteiger partial charge in [-0.1, -0.05) is 20.8 Å². The summed E-state index contributed by atoms with van der Waals surface area (Å²) < 4.78 is 0. The van der Waals surface area contributed by atoms with Crippen molar-refractivity contribution in [1.29, 1.82) is 0 Å². The van der Waals surface area contributed by atoms with Crippen molar-refractivity contribution in [2.24, 2.45) is 23.3 Å². The molecule has 0 spiro atoms. The SMILES string of the molecule is CCN(CCN(C)CC(C)CN)CC(C)CN. The average Bonchev–Trinajstić information content (AvgIpc) is 2.33. The Balaban J connectivity index is 3.81. The van der Waals surface area contributed by atoms with E-state index in [4.69, 9.17) is 11.5 Å². The minimum Gasteiger partial charge on any atom is -0.330 e. The Morgan fingerprint density at radius 2 is 1.47 bits per heavy atom. The average molecular weight is 244 g/mol. The molecule has 0 saturated carbocycles. The third kappa shape index (κ3) is 8.55. The van der Waals surface area contributed by atoms with Crippen LogP contribution in [0.3, 0.4) is 0 Å². The highest BCUT2D eigenvalue weighted by Gasteiger charge is 2.09. The van der Waals surface area contributed by atoms with Crippen LogP contribution in [0.25, 0.3) is 0 Å². The molecule has 4 heteroatoms. The van der Waals surface area contributed by atoms with Gasteiger partial charge in [0.2, 0.25) is 0 Å². The van der Waals surface area contributed by atoms with Gasteiger partial charge in [0.25, 0.3) is 0 Å². The van der Waals surface area contributed by atoms with Gasteiger partial charge in [0.05, 0.1) is 0 Å². The molecule has 104 valence electrons. The van der Waals surface area contributed by atoms with Gasteiger partial charge in [-0.15, -0.1) is 0 Å². The highest BCUT2D eigenvalue weighted by atomic mass is 15.2. The first-order chi connectivity index (χ1) is 8.03. The zero-order chi connectivity index (χ0) is 13.3. The second kappa shape index (κ2) is 9.83. The number of nitrogens with two attached hydrogens (primary N) is 2. The molecule has 0 amide bonds. The van der Waals surface area contributed by atoms with Crippen molar-refractivity contribution in [2.45, 2.75) is 20.8 Å². The van der Waals surface area contributed by atoms with Crippen LogP contribution in [0.5, 0.6) is 0 Å². The normalized spacial score (nSPS) is 15.5. The van der Waals surface area contributed by atoms with Crippen molar-refractivity contribution < 1.29 is 0 Å². The lowest BCUT2D eigenvalue weighted by atomic mass is 10.1. The number of likely N-dealkylation sites (N-methyl/N-ethyl adjacent to an activating group) is 2. The first-order valence-corrected chi connectivity index (χ1v) is 6.84. The molecule has 0 aromatic carbocycles. The molecular formula is C13H32N4. The molecule has 0 aromatic heterocycles. The third-order valence-corrected chi connectivity index (χ3v) is 3.24. The summed E-state index contributed by atoms with van der Waals surface area (Å²) in [7, 11) is 2.17. The topological polar surface area (TPSA) is 58.5 Å². The summed E-state index contributed by atoms with van der Waals surface area (Å²) in [6.07, 6.45) is 0. The van der Waals surface area contributed by atoms with Crippen molar-refractivity contribution in [1.82, 2.24) is 9.80 Å². The van der Waals surface area contributed by atoms with Gasteiger partial charge in [-0.3, -0.25) is 0 Å². The molecule has 0 saturated heterocycles. The Labute approximate surface area is 107 Å². The molecule has 0 aliphatic heterocycles. The molecule has 0 aromatic rings. The van der Waals surface area contributed by atoms with Gasteiger partial charge in [0.15, 0.2) is 0 Å². The predicted molar refractivity (Wildman–Crippen MR) is 76.0 cm³/mol. The van der Waals surface area contributed by atoms with E-state index in [2.05, 4.69) is 37.6 Å². The summed E-state index contributed by atoms with van der Waals surface area (Å²) in [6.45, 7) is 13.7. The third-order valence-electron chi connectivity index (χ3n) is 3.24. The fourth-order valence-electron chi connectivity index (χ4n) is 1.90. The van der Waals surface area contributed by atoms with Gasteiger partial charge in [0, 0.05) is 26.2 Å². The van der Waals surface area contributed by atoms with Gasteiger partial charge in [-0.2, -0.15) is 0 Å². The van der Waals surface area contributed by atoms with E-state index in [-0.39, 0.29) is 0 Å². The number of hydrogen-bond acceptors (Lipinski definition) is 4. The van der Waals surface area contributed by atoms with E-state index in [1.807, 2.05) is 0 Å². The minimum absolute atomic E-state index is 0.582. The maximum atomic E-state index is 5.66. The number of hydrogen-bond donors (Lipinski definition) is 2. The molecule has 0 rings (SSSR count). The predicted octanol–water partition coefficient (Wildman–Crippen LogP) is 0.430. The van der Waals surface area contributed by atoms with Crippen LogP contribution in [0, 0.1) is 11.8 Å². The second-order valence-electron chi connectivity index (χ2n) is 5.34. The Morgan fingerprint density at radius 3 is 1.94 bits per heavy atom. The molecule has 4 N–H and O–H groups in total. The van der Waals surface area contributed by atoms with E-state index >= 15 is 0 Å². The van der Waals surface area contributed by atoms with Crippen molar-refractivity contribution in [3.8, 4) is 0 Å². The summed E-state index contributed by atoms with van der Waals surface area (Å²) in [6, 6.07) is 0. The monoisotopic (exact) mass is 244 g/mol. The maximum Gasteiger partial charge on any atom is 0.0109 e. The molecule has 17 heavy (non-hydrogen) atoms. The smallest absolute Gasteiger partial charge is 0.0109 e. The van der Waals surface area contributed by atoms with Crippen LogP contribution in [0.1, 0.15) is 20.8 Å². The van der Waals surface area contributed by atoms with Crippen LogP contribution in [0.4, 0.5) is 0 Å². The van der Waals surface area contributed by atoms with Crippen LogP contribution < -0.4 is 11.5 Å². The standard InChI is InChI=1S/C13H32N4/c1-5-17(11-13(3)9-15)7-6-16(4)10-12(2)8-14/h12-13H,5-11,14-15H2,1-4H3. The Bertz CT molecular complexity index is 175. The van der Waals surface area contributed by atoms with E-state index in [0.717, 1.165) is 45.8 Å². The summed E-state index contributed by atoms with van der Waals surface area (Å²) >= 11 is 0. The van der Waals surface area contributed by atoms with Crippen LogP contribution in [-0.2, 0) is 0 Å². The first kappa shape index (κ1) is 16.8. The van der Waals surface area contributed by atoms with Crippen molar-refractivity contribution in [3.63, 3.8) is 0 Å². The Kier molecular flexibility index (Phi) is 9.74.